The SMILES string of the molecule is CN(C)NN=C1N=CC(C(N)=O)=N1. The van der Waals surface area contributed by atoms with Gasteiger partial charge in [0.15, 0.2) is 0 Å². The fourth-order valence-corrected chi connectivity index (χ4v) is 0.602. The van der Waals surface area contributed by atoms with Gasteiger partial charge >= 0.3 is 0 Å². The van der Waals surface area contributed by atoms with Crippen LogP contribution >= 0.6 is 0 Å². The summed E-state index contributed by atoms with van der Waals surface area (Å²) in [6.45, 7) is 0. The number of hydrazone groups is 1. The van der Waals surface area contributed by atoms with Crippen molar-refractivity contribution in [1.82, 2.24) is 10.5 Å². The summed E-state index contributed by atoms with van der Waals surface area (Å²) in [5.74, 6) is -0.429. The predicted octanol–water partition coefficient (Wildman–Crippen LogP) is -1.67. The van der Waals surface area contributed by atoms with Gasteiger partial charge in [-0.05, 0) is 0 Å². The summed E-state index contributed by atoms with van der Waals surface area (Å²) in [4.78, 5) is 18.1. The normalized spacial score (nSPS) is 18.1. The highest BCUT2D eigenvalue weighted by Crippen LogP contribution is 1.92. The van der Waals surface area contributed by atoms with E-state index in [0.717, 1.165) is 0 Å². The van der Waals surface area contributed by atoms with Crippen molar-refractivity contribution >= 4 is 23.8 Å². The standard InChI is InChI=1S/C6H10N6O/c1-12(2)11-10-6-8-3-4(9-6)5(7)13/h3,11H,1-2H3,(H2,7,13). The van der Waals surface area contributed by atoms with Crippen molar-refractivity contribution in [2.75, 3.05) is 14.1 Å². The second-order valence-electron chi connectivity index (χ2n) is 2.53. The Morgan fingerprint density at radius 1 is 1.69 bits per heavy atom. The molecule has 70 valence electrons. The number of amides is 1. The molecule has 13 heavy (non-hydrogen) atoms. The van der Waals surface area contributed by atoms with Crippen molar-refractivity contribution in [2.45, 2.75) is 0 Å². The summed E-state index contributed by atoms with van der Waals surface area (Å²) < 4.78 is 0. The summed E-state index contributed by atoms with van der Waals surface area (Å²) in [5.41, 5.74) is 7.67. The van der Waals surface area contributed by atoms with Crippen LogP contribution in [0.25, 0.3) is 0 Å². The molecule has 0 aromatic carbocycles. The lowest BCUT2D eigenvalue weighted by Crippen LogP contribution is -2.26. The maximum Gasteiger partial charge on any atom is 0.269 e. The summed E-state index contributed by atoms with van der Waals surface area (Å²) in [5, 5.41) is 5.37. The van der Waals surface area contributed by atoms with E-state index in [0.29, 0.717) is 0 Å². The van der Waals surface area contributed by atoms with Gasteiger partial charge in [-0.2, -0.15) is 0 Å². The smallest absolute Gasteiger partial charge is 0.269 e. The number of nitrogens with two attached hydrogens (primary N) is 1. The number of hydrogen-bond donors (Lipinski definition) is 2. The van der Waals surface area contributed by atoms with Gasteiger partial charge in [0, 0.05) is 14.1 Å². The third-order valence-corrected chi connectivity index (χ3v) is 1.13. The van der Waals surface area contributed by atoms with Gasteiger partial charge in [-0.25, -0.2) is 20.5 Å². The number of aliphatic imine (C=N–C) groups is 2. The number of nitrogens with one attached hydrogen (secondary N) is 1. The van der Waals surface area contributed by atoms with E-state index in [1.807, 2.05) is 0 Å². The van der Waals surface area contributed by atoms with Gasteiger partial charge in [0.2, 0.25) is 0 Å². The van der Waals surface area contributed by atoms with Crippen molar-refractivity contribution in [3.05, 3.63) is 0 Å². The Bertz CT molecular complexity index is 302. The molecule has 0 saturated carbocycles. The van der Waals surface area contributed by atoms with Gasteiger partial charge in [0.25, 0.3) is 11.9 Å². The minimum Gasteiger partial charge on any atom is -0.364 e. The van der Waals surface area contributed by atoms with Crippen LogP contribution in [0.3, 0.4) is 0 Å². The zero-order chi connectivity index (χ0) is 9.84. The van der Waals surface area contributed by atoms with E-state index in [9.17, 15) is 4.79 Å². The molecule has 1 aliphatic heterocycles. The van der Waals surface area contributed by atoms with Crippen LogP contribution in [0.4, 0.5) is 0 Å². The van der Waals surface area contributed by atoms with E-state index in [2.05, 4.69) is 20.6 Å². The molecule has 0 aliphatic carbocycles. The lowest BCUT2D eigenvalue weighted by Gasteiger charge is -2.05. The highest BCUT2D eigenvalue weighted by Gasteiger charge is 2.11. The average molecular weight is 182 g/mol. The molecule has 0 unspecified atom stereocenters. The number of primary amides is 1. The average Bonchev–Trinajstić information content (AvgIpc) is 2.48. The molecule has 0 saturated heterocycles. The van der Waals surface area contributed by atoms with Crippen LogP contribution in [0.5, 0.6) is 0 Å². The van der Waals surface area contributed by atoms with Crippen LogP contribution in [0.15, 0.2) is 15.1 Å². The molecule has 3 N–H and O–H groups in total. The molecule has 1 heterocycles. The summed E-state index contributed by atoms with van der Waals surface area (Å²) in [7, 11) is 3.53. The van der Waals surface area contributed by atoms with E-state index in [1.54, 1.807) is 19.1 Å². The van der Waals surface area contributed by atoms with Gasteiger partial charge in [-0.1, -0.05) is 0 Å². The Kier molecular flexibility index (Phi) is 2.70. The summed E-state index contributed by atoms with van der Waals surface area (Å²) in [6.07, 6.45) is 1.28. The van der Waals surface area contributed by atoms with E-state index >= 15 is 0 Å². The zero-order valence-electron chi connectivity index (χ0n) is 7.35. The number of nitrogens with zero attached hydrogens (tertiary/aromatic N) is 4. The fourth-order valence-electron chi connectivity index (χ4n) is 0.602. The maximum atomic E-state index is 10.6. The number of hydrogen-bond acceptors (Lipinski definition) is 4. The maximum absolute atomic E-state index is 10.6. The highest BCUT2D eigenvalue weighted by atomic mass is 16.1. The Labute approximate surface area is 75.0 Å². The van der Waals surface area contributed by atoms with E-state index in [1.165, 1.54) is 6.21 Å². The fraction of sp³-hybridized carbons (Fsp3) is 0.333. The number of guanidine groups is 1. The quantitative estimate of drug-likeness (QED) is 0.511. The van der Waals surface area contributed by atoms with Crippen molar-refractivity contribution in [3.63, 3.8) is 0 Å². The first-order valence-corrected chi connectivity index (χ1v) is 3.53. The molecule has 1 amide bonds. The highest BCUT2D eigenvalue weighted by molar-refractivity contribution is 6.63. The van der Waals surface area contributed by atoms with Crippen LogP contribution in [0.2, 0.25) is 0 Å². The largest absolute Gasteiger partial charge is 0.364 e. The minimum absolute atomic E-state index is 0.110. The Balaban J connectivity index is 2.63. The van der Waals surface area contributed by atoms with Crippen molar-refractivity contribution in [2.24, 2.45) is 20.8 Å². The first-order chi connectivity index (χ1) is 6.09. The third-order valence-electron chi connectivity index (χ3n) is 1.13. The van der Waals surface area contributed by atoms with Gasteiger partial charge in [0.1, 0.15) is 5.71 Å². The Morgan fingerprint density at radius 2 is 2.38 bits per heavy atom. The zero-order valence-corrected chi connectivity index (χ0v) is 7.35. The Hall–Kier alpha value is -1.76. The molecule has 7 nitrogen and oxygen atoms in total. The van der Waals surface area contributed by atoms with Crippen LogP contribution in [0.1, 0.15) is 0 Å². The molecular formula is C6H10N6O. The molecule has 1 aliphatic rings. The van der Waals surface area contributed by atoms with Crippen LogP contribution in [-0.2, 0) is 4.79 Å². The van der Waals surface area contributed by atoms with E-state index < -0.39 is 5.91 Å². The topological polar surface area (TPSA) is 95.4 Å². The summed E-state index contributed by atoms with van der Waals surface area (Å²) >= 11 is 0. The molecule has 0 atom stereocenters. The second kappa shape index (κ2) is 3.76. The second-order valence-corrected chi connectivity index (χ2v) is 2.53. The van der Waals surface area contributed by atoms with Crippen LogP contribution in [-0.4, -0.2) is 42.9 Å². The van der Waals surface area contributed by atoms with Gasteiger partial charge in [-0.3, -0.25) is 4.79 Å². The van der Waals surface area contributed by atoms with Crippen molar-refractivity contribution in [1.29, 1.82) is 0 Å². The number of rotatable bonds is 3. The molecule has 0 bridgehead atoms. The minimum atomic E-state index is -0.612. The molecule has 0 radical (unpaired) electrons. The summed E-state index contributed by atoms with van der Waals surface area (Å²) in [6, 6.07) is 0. The predicted molar refractivity (Wildman–Crippen MR) is 49.4 cm³/mol. The molecule has 0 fully saturated rings. The number of carbonyl (C=O) groups excluding carboxylic acids is 1. The number of hydrazine groups is 1. The van der Waals surface area contributed by atoms with Gasteiger partial charge < -0.3 is 5.73 Å². The van der Waals surface area contributed by atoms with Gasteiger partial charge in [0.05, 0.1) is 6.21 Å². The molecular weight excluding hydrogens is 172 g/mol. The number of carbonyl (C=O) groups is 1. The van der Waals surface area contributed by atoms with Crippen LogP contribution in [0, 0.1) is 0 Å². The monoisotopic (exact) mass is 182 g/mol. The lowest BCUT2D eigenvalue weighted by molar-refractivity contribution is -0.111. The third kappa shape index (κ3) is 2.64. The van der Waals surface area contributed by atoms with Gasteiger partial charge in [-0.15, -0.1) is 5.10 Å². The van der Waals surface area contributed by atoms with E-state index in [4.69, 9.17) is 5.73 Å². The molecule has 0 aromatic rings. The first kappa shape index (κ1) is 9.33. The van der Waals surface area contributed by atoms with Crippen molar-refractivity contribution in [3.8, 4) is 0 Å². The Morgan fingerprint density at radius 3 is 2.85 bits per heavy atom. The molecule has 1 rings (SSSR count). The molecule has 0 spiro atoms. The van der Waals surface area contributed by atoms with E-state index in [-0.39, 0.29) is 11.7 Å². The van der Waals surface area contributed by atoms with Crippen LogP contribution < -0.4 is 11.3 Å². The molecule has 7 heteroatoms. The molecule has 0 aromatic heterocycles. The first-order valence-electron chi connectivity index (χ1n) is 3.53. The van der Waals surface area contributed by atoms with Crippen molar-refractivity contribution < 1.29 is 4.79 Å². The lowest BCUT2D eigenvalue weighted by atomic mass is 10.4.